The van der Waals surface area contributed by atoms with Crippen LogP contribution in [-0.2, 0) is 17.8 Å². The molecule has 0 saturated heterocycles. The number of amides is 1. The van der Waals surface area contributed by atoms with Crippen molar-refractivity contribution in [3.63, 3.8) is 0 Å². The third kappa shape index (κ3) is 4.75. The Hall–Kier alpha value is -2.89. The Morgan fingerprint density at radius 1 is 1.14 bits per heavy atom. The topological polar surface area (TPSA) is 55.5 Å². The van der Waals surface area contributed by atoms with Gasteiger partial charge in [0.2, 0.25) is 5.91 Å². The number of benzene rings is 2. The summed E-state index contributed by atoms with van der Waals surface area (Å²) >= 11 is 0. The molecule has 1 amide bonds. The highest BCUT2D eigenvalue weighted by molar-refractivity contribution is 5.77. The molecule has 0 aliphatic heterocycles. The molecule has 0 radical (unpaired) electrons. The van der Waals surface area contributed by atoms with Crippen molar-refractivity contribution < 1.29 is 13.6 Å². The largest absolute Gasteiger partial charge is 0.419 e. The predicted molar refractivity (Wildman–Crippen MR) is 111 cm³/mol. The number of aryl methyl sites for hydroxylation is 1. The van der Waals surface area contributed by atoms with Crippen LogP contribution in [0.2, 0.25) is 0 Å². The molecule has 29 heavy (non-hydrogen) atoms. The first-order valence-electron chi connectivity index (χ1n) is 10.0. The second kappa shape index (κ2) is 9.07. The Labute approximate surface area is 169 Å². The molecule has 154 valence electrons. The van der Waals surface area contributed by atoms with Crippen molar-refractivity contribution in [2.75, 3.05) is 6.54 Å². The van der Waals surface area contributed by atoms with Gasteiger partial charge in [-0.3, -0.25) is 9.36 Å². The van der Waals surface area contributed by atoms with Crippen molar-refractivity contribution in [3.8, 4) is 0 Å². The zero-order valence-corrected chi connectivity index (χ0v) is 17.1. The van der Waals surface area contributed by atoms with Crippen LogP contribution < -0.4 is 5.76 Å². The number of likely N-dealkylation sites (N-methyl/N-ethyl adjacent to an activating group) is 1. The minimum atomic E-state index is -0.450. The van der Waals surface area contributed by atoms with Gasteiger partial charge in [0.25, 0.3) is 0 Å². The maximum absolute atomic E-state index is 13.2. The lowest BCUT2D eigenvalue weighted by molar-refractivity contribution is -0.134. The Kier molecular flexibility index (Phi) is 6.52. The molecule has 0 fully saturated rings. The first kappa shape index (κ1) is 20.8. The molecule has 0 aliphatic rings. The minimum Gasteiger partial charge on any atom is -0.408 e. The molecule has 0 saturated carbocycles. The van der Waals surface area contributed by atoms with Gasteiger partial charge in [0, 0.05) is 25.6 Å². The van der Waals surface area contributed by atoms with Gasteiger partial charge in [-0.1, -0.05) is 38.1 Å². The molecule has 0 bridgehead atoms. The van der Waals surface area contributed by atoms with Gasteiger partial charge in [-0.2, -0.15) is 0 Å². The average molecular weight is 398 g/mol. The lowest BCUT2D eigenvalue weighted by Crippen LogP contribution is -2.45. The second-order valence-corrected chi connectivity index (χ2v) is 7.56. The van der Waals surface area contributed by atoms with Crippen LogP contribution in [0.4, 0.5) is 4.39 Å². The van der Waals surface area contributed by atoms with E-state index >= 15 is 0 Å². The van der Waals surface area contributed by atoms with Gasteiger partial charge < -0.3 is 9.32 Å². The van der Waals surface area contributed by atoms with Crippen molar-refractivity contribution in [2.45, 2.75) is 46.2 Å². The van der Waals surface area contributed by atoms with Crippen molar-refractivity contribution in [3.05, 3.63) is 70.5 Å². The molecule has 0 N–H and O–H groups in total. The summed E-state index contributed by atoms with van der Waals surface area (Å²) in [5, 5.41) is 0. The van der Waals surface area contributed by atoms with Crippen LogP contribution in [0.5, 0.6) is 0 Å². The van der Waals surface area contributed by atoms with Crippen LogP contribution in [0.15, 0.2) is 57.7 Å². The number of para-hydroxylation sites is 2. The van der Waals surface area contributed by atoms with E-state index in [1.807, 2.05) is 30.0 Å². The van der Waals surface area contributed by atoms with Gasteiger partial charge in [0.05, 0.1) is 5.52 Å². The van der Waals surface area contributed by atoms with E-state index in [4.69, 9.17) is 4.42 Å². The Bertz CT molecular complexity index is 1020. The number of fused-ring (bicyclic) bond motifs is 1. The molecule has 0 spiro atoms. The van der Waals surface area contributed by atoms with Gasteiger partial charge in [0.15, 0.2) is 5.58 Å². The van der Waals surface area contributed by atoms with Crippen molar-refractivity contribution in [1.29, 1.82) is 0 Å². The lowest BCUT2D eigenvalue weighted by atomic mass is 9.94. The van der Waals surface area contributed by atoms with E-state index in [-0.39, 0.29) is 36.6 Å². The van der Waals surface area contributed by atoms with E-state index in [0.717, 1.165) is 5.56 Å². The van der Waals surface area contributed by atoms with Crippen LogP contribution in [0.25, 0.3) is 11.1 Å². The summed E-state index contributed by atoms with van der Waals surface area (Å²) in [6.07, 6.45) is 0.871. The van der Waals surface area contributed by atoms with Gasteiger partial charge in [-0.15, -0.1) is 0 Å². The summed E-state index contributed by atoms with van der Waals surface area (Å²) in [5.74, 6) is -0.489. The fraction of sp³-hybridized carbons (Fsp3) is 0.391. The summed E-state index contributed by atoms with van der Waals surface area (Å²) in [6.45, 7) is 6.96. The normalized spacial score (nSPS) is 12.4. The van der Waals surface area contributed by atoms with E-state index in [9.17, 15) is 14.0 Å². The molecule has 6 heteroatoms. The summed E-state index contributed by atoms with van der Waals surface area (Å²) < 4.78 is 20.0. The smallest absolute Gasteiger partial charge is 0.408 e. The second-order valence-electron chi connectivity index (χ2n) is 7.56. The fourth-order valence-corrected chi connectivity index (χ4v) is 3.74. The minimum absolute atomic E-state index is 0.00391. The number of hydrogen-bond acceptors (Lipinski definition) is 3. The number of halogens is 1. The molecular weight excluding hydrogens is 371 g/mol. The molecule has 3 rings (SSSR count). The zero-order valence-electron chi connectivity index (χ0n) is 17.1. The average Bonchev–Trinajstić information content (AvgIpc) is 3.02. The van der Waals surface area contributed by atoms with E-state index in [1.165, 1.54) is 16.7 Å². The highest BCUT2D eigenvalue weighted by Crippen LogP contribution is 2.19. The van der Waals surface area contributed by atoms with Gasteiger partial charge in [0.1, 0.15) is 5.82 Å². The molecule has 5 nitrogen and oxygen atoms in total. The molecule has 1 heterocycles. The Morgan fingerprint density at radius 3 is 2.48 bits per heavy atom. The zero-order chi connectivity index (χ0) is 21.0. The standard InChI is InChI=1S/C23H27FN2O3/c1-4-25(20(16(2)3)15-17-9-11-18(24)12-10-17)22(27)13-14-26-19-7-5-6-8-21(19)29-23(26)28/h5-12,16,20H,4,13-15H2,1-3H3/t20-/m0/s1. The summed E-state index contributed by atoms with van der Waals surface area (Å²) in [4.78, 5) is 27.0. The van der Waals surface area contributed by atoms with Gasteiger partial charge in [-0.05, 0) is 49.1 Å². The third-order valence-electron chi connectivity index (χ3n) is 5.31. The number of oxazole rings is 1. The van der Waals surface area contributed by atoms with Crippen LogP contribution in [0, 0.1) is 11.7 Å². The van der Waals surface area contributed by atoms with Crippen molar-refractivity contribution in [1.82, 2.24) is 9.47 Å². The number of hydrogen-bond donors (Lipinski definition) is 0. The van der Waals surface area contributed by atoms with E-state index in [0.29, 0.717) is 24.1 Å². The monoisotopic (exact) mass is 398 g/mol. The molecule has 0 aliphatic carbocycles. The molecule has 1 atom stereocenters. The molecule has 1 aromatic heterocycles. The lowest BCUT2D eigenvalue weighted by Gasteiger charge is -2.34. The van der Waals surface area contributed by atoms with Crippen LogP contribution >= 0.6 is 0 Å². The number of carbonyl (C=O) groups excluding carboxylic acids is 1. The van der Waals surface area contributed by atoms with E-state index in [1.54, 1.807) is 18.2 Å². The van der Waals surface area contributed by atoms with Crippen LogP contribution in [0.1, 0.15) is 32.8 Å². The maximum atomic E-state index is 13.2. The fourth-order valence-electron chi connectivity index (χ4n) is 3.74. The van der Waals surface area contributed by atoms with Gasteiger partial charge in [-0.25, -0.2) is 9.18 Å². The molecular formula is C23H27FN2O3. The highest BCUT2D eigenvalue weighted by Gasteiger charge is 2.25. The highest BCUT2D eigenvalue weighted by atomic mass is 19.1. The summed E-state index contributed by atoms with van der Waals surface area (Å²) in [5.41, 5.74) is 2.21. The van der Waals surface area contributed by atoms with Crippen LogP contribution in [-0.4, -0.2) is 28.0 Å². The Balaban J connectivity index is 1.74. The molecule has 3 aromatic rings. The maximum Gasteiger partial charge on any atom is 0.419 e. The number of carbonyl (C=O) groups is 1. The molecule has 2 aromatic carbocycles. The SMILES string of the molecule is CCN(C(=O)CCn1c(=O)oc2ccccc21)[C@@H](Cc1ccc(F)cc1)C(C)C. The van der Waals surface area contributed by atoms with Crippen molar-refractivity contribution >= 4 is 17.0 Å². The van der Waals surface area contributed by atoms with E-state index < -0.39 is 5.76 Å². The van der Waals surface area contributed by atoms with Crippen LogP contribution in [0.3, 0.4) is 0 Å². The van der Waals surface area contributed by atoms with Gasteiger partial charge >= 0.3 is 5.76 Å². The number of rotatable bonds is 8. The molecule has 0 unspecified atom stereocenters. The Morgan fingerprint density at radius 2 is 1.83 bits per heavy atom. The van der Waals surface area contributed by atoms with Crippen molar-refractivity contribution in [2.24, 2.45) is 5.92 Å². The quantitative estimate of drug-likeness (QED) is 0.570. The number of aromatic nitrogens is 1. The summed E-state index contributed by atoms with van der Waals surface area (Å²) in [7, 11) is 0. The third-order valence-corrected chi connectivity index (χ3v) is 5.31. The summed E-state index contributed by atoms with van der Waals surface area (Å²) in [6, 6.07) is 13.6. The first-order chi connectivity index (χ1) is 13.9. The first-order valence-corrected chi connectivity index (χ1v) is 10.0. The van der Waals surface area contributed by atoms with E-state index in [2.05, 4.69) is 13.8 Å². The number of nitrogens with zero attached hydrogens (tertiary/aromatic N) is 2. The predicted octanol–water partition coefficient (Wildman–Crippen LogP) is 4.24.